The predicted octanol–water partition coefficient (Wildman–Crippen LogP) is 3.16. The van der Waals surface area contributed by atoms with Crippen molar-refractivity contribution >= 4 is 11.6 Å². The molecule has 1 aliphatic carbocycles. The molecule has 4 heteroatoms. The third-order valence-corrected chi connectivity index (χ3v) is 4.20. The van der Waals surface area contributed by atoms with E-state index in [1.807, 2.05) is 0 Å². The van der Waals surface area contributed by atoms with Gasteiger partial charge < -0.3 is 11.1 Å². The molecule has 1 fully saturated rings. The molecule has 1 aromatic rings. The zero-order valence-electron chi connectivity index (χ0n) is 11.4. The first-order chi connectivity index (χ1) is 8.97. The maximum atomic E-state index is 13.4. The highest BCUT2D eigenvalue weighted by Gasteiger charge is 2.24. The Hall–Kier alpha value is -1.58. The summed E-state index contributed by atoms with van der Waals surface area (Å²) in [5.41, 5.74) is 5.86. The molecule has 104 valence electrons. The maximum absolute atomic E-state index is 13.4. The van der Waals surface area contributed by atoms with Gasteiger partial charge in [0, 0.05) is 11.7 Å². The Kier molecular flexibility index (Phi) is 4.08. The van der Waals surface area contributed by atoms with Crippen LogP contribution in [0.3, 0.4) is 0 Å². The molecule has 0 aromatic heterocycles. The lowest BCUT2D eigenvalue weighted by Gasteiger charge is -2.33. The van der Waals surface area contributed by atoms with Crippen molar-refractivity contribution in [2.45, 2.75) is 39.2 Å². The van der Waals surface area contributed by atoms with Crippen LogP contribution in [0, 0.1) is 17.7 Å². The standard InChI is InChI=1S/C15H21FN2O/c1-9-3-4-11(7-10(9)2)18-12-5-6-14(16)13(8-12)15(17)19/h5-6,8-11,18H,3-4,7H2,1-2H3,(H2,17,19). The number of amides is 1. The van der Waals surface area contributed by atoms with Gasteiger partial charge >= 0.3 is 0 Å². The van der Waals surface area contributed by atoms with Gasteiger partial charge in [-0.1, -0.05) is 13.8 Å². The second kappa shape index (κ2) is 5.59. The number of rotatable bonds is 3. The molecule has 0 heterocycles. The highest BCUT2D eigenvalue weighted by Crippen LogP contribution is 2.31. The van der Waals surface area contributed by atoms with Gasteiger partial charge in [-0.15, -0.1) is 0 Å². The first-order valence-electron chi connectivity index (χ1n) is 6.83. The molecule has 3 atom stereocenters. The number of benzene rings is 1. The molecule has 0 aliphatic heterocycles. The van der Waals surface area contributed by atoms with Crippen molar-refractivity contribution in [3.05, 3.63) is 29.6 Å². The monoisotopic (exact) mass is 264 g/mol. The van der Waals surface area contributed by atoms with Crippen LogP contribution in [-0.2, 0) is 0 Å². The molecule has 1 aromatic carbocycles. The van der Waals surface area contributed by atoms with E-state index in [9.17, 15) is 9.18 Å². The number of hydrogen-bond acceptors (Lipinski definition) is 2. The van der Waals surface area contributed by atoms with E-state index in [1.54, 1.807) is 6.07 Å². The molecule has 0 bridgehead atoms. The molecule has 3 N–H and O–H groups in total. The molecule has 19 heavy (non-hydrogen) atoms. The summed E-state index contributed by atoms with van der Waals surface area (Å²) in [5.74, 6) is 0.144. The van der Waals surface area contributed by atoms with Gasteiger partial charge in [-0.3, -0.25) is 4.79 Å². The Bertz CT molecular complexity index is 475. The zero-order valence-corrected chi connectivity index (χ0v) is 11.4. The fourth-order valence-electron chi connectivity index (χ4n) is 2.72. The number of primary amides is 1. The molecule has 3 nitrogen and oxygen atoms in total. The molecular formula is C15H21FN2O. The minimum absolute atomic E-state index is 0.0535. The van der Waals surface area contributed by atoms with Crippen LogP contribution >= 0.6 is 0 Å². The lowest BCUT2D eigenvalue weighted by molar-refractivity contribution is 0.0996. The Morgan fingerprint density at radius 1 is 1.32 bits per heavy atom. The van der Waals surface area contributed by atoms with E-state index >= 15 is 0 Å². The van der Waals surface area contributed by atoms with Crippen molar-refractivity contribution in [1.82, 2.24) is 0 Å². The third-order valence-electron chi connectivity index (χ3n) is 4.20. The number of nitrogens with two attached hydrogens (primary N) is 1. The second-order valence-electron chi connectivity index (χ2n) is 5.67. The van der Waals surface area contributed by atoms with Gasteiger partial charge in [-0.05, 0) is 49.3 Å². The predicted molar refractivity (Wildman–Crippen MR) is 74.5 cm³/mol. The lowest BCUT2D eigenvalue weighted by atomic mass is 9.79. The summed E-state index contributed by atoms with van der Waals surface area (Å²) in [6.45, 7) is 4.54. The van der Waals surface area contributed by atoms with Crippen LogP contribution in [-0.4, -0.2) is 11.9 Å². The first-order valence-corrected chi connectivity index (χ1v) is 6.83. The van der Waals surface area contributed by atoms with Gasteiger partial charge in [-0.2, -0.15) is 0 Å². The van der Waals surface area contributed by atoms with E-state index in [4.69, 9.17) is 5.73 Å². The number of hydrogen-bond donors (Lipinski definition) is 2. The number of halogens is 1. The van der Waals surface area contributed by atoms with E-state index in [2.05, 4.69) is 19.2 Å². The van der Waals surface area contributed by atoms with E-state index in [1.165, 1.54) is 18.6 Å². The molecule has 1 aliphatic rings. The van der Waals surface area contributed by atoms with Gasteiger partial charge in [0.25, 0.3) is 5.91 Å². The van der Waals surface area contributed by atoms with Crippen molar-refractivity contribution < 1.29 is 9.18 Å². The Labute approximate surface area is 113 Å². The zero-order chi connectivity index (χ0) is 14.0. The Balaban J connectivity index is 2.07. The highest BCUT2D eigenvalue weighted by atomic mass is 19.1. The maximum Gasteiger partial charge on any atom is 0.251 e. The van der Waals surface area contributed by atoms with Gasteiger partial charge in [0.05, 0.1) is 5.56 Å². The third kappa shape index (κ3) is 3.25. The summed E-state index contributed by atoms with van der Waals surface area (Å²) in [4.78, 5) is 11.1. The molecule has 0 radical (unpaired) electrons. The molecular weight excluding hydrogens is 243 g/mol. The number of nitrogens with one attached hydrogen (secondary N) is 1. The normalized spacial score (nSPS) is 27.0. The summed E-state index contributed by atoms with van der Waals surface area (Å²) >= 11 is 0. The fraction of sp³-hybridized carbons (Fsp3) is 0.533. The minimum atomic E-state index is -0.730. The summed E-state index contributed by atoms with van der Waals surface area (Å²) in [6.07, 6.45) is 3.40. The Morgan fingerprint density at radius 3 is 2.68 bits per heavy atom. The average Bonchev–Trinajstić information content (AvgIpc) is 2.36. The quantitative estimate of drug-likeness (QED) is 0.881. The molecule has 0 spiro atoms. The SMILES string of the molecule is CC1CCC(Nc2ccc(F)c(C(N)=O)c2)CC1C. The van der Waals surface area contributed by atoms with Gasteiger partial charge in [0.2, 0.25) is 0 Å². The largest absolute Gasteiger partial charge is 0.382 e. The minimum Gasteiger partial charge on any atom is -0.382 e. The summed E-state index contributed by atoms with van der Waals surface area (Å²) in [5, 5.41) is 3.38. The summed E-state index contributed by atoms with van der Waals surface area (Å²) in [7, 11) is 0. The topological polar surface area (TPSA) is 55.1 Å². The molecule has 1 amide bonds. The van der Waals surface area contributed by atoms with Crippen molar-refractivity contribution in [3.8, 4) is 0 Å². The van der Waals surface area contributed by atoms with Crippen LogP contribution in [0.1, 0.15) is 43.5 Å². The number of carbonyl (C=O) groups is 1. The molecule has 1 saturated carbocycles. The number of carbonyl (C=O) groups excluding carboxylic acids is 1. The molecule has 3 unspecified atom stereocenters. The van der Waals surface area contributed by atoms with Crippen LogP contribution in [0.5, 0.6) is 0 Å². The second-order valence-corrected chi connectivity index (χ2v) is 5.67. The lowest BCUT2D eigenvalue weighted by Crippen LogP contribution is -2.30. The van der Waals surface area contributed by atoms with Crippen LogP contribution in [0.15, 0.2) is 18.2 Å². The molecule has 0 saturated heterocycles. The van der Waals surface area contributed by atoms with E-state index < -0.39 is 11.7 Å². The van der Waals surface area contributed by atoms with Crippen LogP contribution in [0.4, 0.5) is 10.1 Å². The van der Waals surface area contributed by atoms with E-state index in [0.717, 1.165) is 24.4 Å². The average molecular weight is 264 g/mol. The van der Waals surface area contributed by atoms with E-state index in [-0.39, 0.29) is 5.56 Å². The van der Waals surface area contributed by atoms with Crippen LogP contribution in [0.2, 0.25) is 0 Å². The Morgan fingerprint density at radius 2 is 2.05 bits per heavy atom. The summed E-state index contributed by atoms with van der Waals surface area (Å²) in [6, 6.07) is 4.83. The van der Waals surface area contributed by atoms with Crippen molar-refractivity contribution in [2.75, 3.05) is 5.32 Å². The summed E-state index contributed by atoms with van der Waals surface area (Å²) < 4.78 is 13.4. The number of anilines is 1. The van der Waals surface area contributed by atoms with Crippen LogP contribution in [0.25, 0.3) is 0 Å². The first kappa shape index (κ1) is 13.8. The molecule has 2 rings (SSSR count). The van der Waals surface area contributed by atoms with Crippen molar-refractivity contribution in [3.63, 3.8) is 0 Å². The van der Waals surface area contributed by atoms with Gasteiger partial charge in [0.1, 0.15) is 5.82 Å². The van der Waals surface area contributed by atoms with Gasteiger partial charge in [-0.25, -0.2) is 4.39 Å². The highest BCUT2D eigenvalue weighted by molar-refractivity contribution is 5.94. The van der Waals surface area contributed by atoms with Crippen molar-refractivity contribution in [1.29, 1.82) is 0 Å². The van der Waals surface area contributed by atoms with Crippen molar-refractivity contribution in [2.24, 2.45) is 17.6 Å². The van der Waals surface area contributed by atoms with E-state index in [0.29, 0.717) is 12.0 Å². The van der Waals surface area contributed by atoms with Gasteiger partial charge in [0.15, 0.2) is 0 Å². The smallest absolute Gasteiger partial charge is 0.251 e. The van der Waals surface area contributed by atoms with Crippen LogP contribution < -0.4 is 11.1 Å². The fourth-order valence-corrected chi connectivity index (χ4v) is 2.72.